The topological polar surface area (TPSA) is 56.1 Å². The molecule has 1 aromatic carbocycles. The Labute approximate surface area is 130 Å². The molecule has 0 saturated carbocycles. The number of hydrogen-bond donors (Lipinski definition) is 1. The van der Waals surface area contributed by atoms with E-state index in [9.17, 15) is 9.18 Å². The molecule has 0 aliphatic carbocycles. The summed E-state index contributed by atoms with van der Waals surface area (Å²) in [4.78, 5) is 14.4. The lowest BCUT2D eigenvalue weighted by Gasteiger charge is -2.32. The maximum Gasteiger partial charge on any atom is 0.225 e. The number of rotatable bonds is 5. The first-order valence-corrected chi connectivity index (χ1v) is 7.79. The molecule has 1 aromatic rings. The molecule has 1 heterocycles. The van der Waals surface area contributed by atoms with E-state index in [-0.39, 0.29) is 17.6 Å². The summed E-state index contributed by atoms with van der Waals surface area (Å²) < 4.78 is 13.2. The molecule has 1 N–H and O–H groups in total. The second-order valence-corrected chi connectivity index (χ2v) is 5.80. The van der Waals surface area contributed by atoms with Crippen LogP contribution in [0.5, 0.6) is 0 Å². The largest absolute Gasteiger partial charge is 0.340 e. The van der Waals surface area contributed by atoms with Gasteiger partial charge in [-0.2, -0.15) is 5.26 Å². The summed E-state index contributed by atoms with van der Waals surface area (Å²) in [6.45, 7) is 4.10. The second-order valence-electron chi connectivity index (χ2n) is 5.80. The summed E-state index contributed by atoms with van der Waals surface area (Å²) in [6, 6.07) is 8.25. The second kappa shape index (κ2) is 7.90. The first kappa shape index (κ1) is 16.4. The molecule has 0 unspecified atom stereocenters. The molecule has 1 fully saturated rings. The number of nitrogens with one attached hydrogen (secondary N) is 1. The molecule has 1 aliphatic rings. The normalized spacial score (nSPS) is 20.1. The maximum atomic E-state index is 13.2. The Balaban J connectivity index is 1.91. The van der Waals surface area contributed by atoms with E-state index in [1.807, 2.05) is 13.0 Å². The first-order chi connectivity index (χ1) is 10.6. The van der Waals surface area contributed by atoms with Crippen LogP contribution in [0.25, 0.3) is 0 Å². The fourth-order valence-corrected chi connectivity index (χ4v) is 2.82. The van der Waals surface area contributed by atoms with Crippen molar-refractivity contribution in [2.45, 2.75) is 38.8 Å². The van der Waals surface area contributed by atoms with Gasteiger partial charge in [-0.1, -0.05) is 19.1 Å². The number of piperidine rings is 1. The van der Waals surface area contributed by atoms with Crippen molar-refractivity contribution in [3.8, 4) is 6.07 Å². The highest BCUT2D eigenvalue weighted by molar-refractivity contribution is 5.79. The predicted octanol–water partition coefficient (Wildman–Crippen LogP) is 2.46. The third-order valence-corrected chi connectivity index (χ3v) is 4.05. The zero-order chi connectivity index (χ0) is 15.9. The minimum Gasteiger partial charge on any atom is -0.340 e. The summed E-state index contributed by atoms with van der Waals surface area (Å²) in [5.41, 5.74) is 0.921. The Hall–Kier alpha value is -1.93. The van der Waals surface area contributed by atoms with E-state index in [4.69, 9.17) is 5.26 Å². The molecule has 0 radical (unpaired) electrons. The number of benzene rings is 1. The molecule has 2 rings (SSSR count). The van der Waals surface area contributed by atoms with E-state index in [1.54, 1.807) is 6.07 Å². The fourth-order valence-electron chi connectivity index (χ4n) is 2.82. The number of nitrogens with zero attached hydrogens (tertiary/aromatic N) is 2. The lowest BCUT2D eigenvalue weighted by Crippen LogP contribution is -2.45. The minimum absolute atomic E-state index is 0.0441. The monoisotopic (exact) mass is 303 g/mol. The highest BCUT2D eigenvalue weighted by Gasteiger charge is 2.26. The lowest BCUT2D eigenvalue weighted by molar-refractivity contribution is -0.127. The van der Waals surface area contributed by atoms with Crippen molar-refractivity contribution < 1.29 is 9.18 Å². The number of nitriles is 1. The van der Waals surface area contributed by atoms with Crippen LogP contribution in [0.2, 0.25) is 0 Å². The van der Waals surface area contributed by atoms with Crippen LogP contribution < -0.4 is 5.32 Å². The highest BCUT2D eigenvalue weighted by Crippen LogP contribution is 2.19. The van der Waals surface area contributed by atoms with Crippen LogP contribution in [0.3, 0.4) is 0 Å². The van der Waals surface area contributed by atoms with Crippen molar-refractivity contribution in [3.05, 3.63) is 35.6 Å². The van der Waals surface area contributed by atoms with E-state index in [1.165, 1.54) is 12.1 Å². The third-order valence-electron chi connectivity index (χ3n) is 4.05. The van der Waals surface area contributed by atoms with Crippen molar-refractivity contribution in [1.29, 1.82) is 5.26 Å². The zero-order valence-electron chi connectivity index (χ0n) is 12.9. The standard InChI is InChI=1S/C17H22FN3O/c1-2-16(10-19)20-17(22)14-6-4-8-21(12-14)11-13-5-3-7-15(18)9-13/h3,5,7,9,14,16H,2,4,6,8,11-12H2,1H3,(H,20,22)/t14-,16+/m1/s1. The average Bonchev–Trinajstić information content (AvgIpc) is 2.52. The quantitative estimate of drug-likeness (QED) is 0.909. The molecule has 1 aliphatic heterocycles. The molecule has 2 atom stereocenters. The molecule has 1 amide bonds. The first-order valence-electron chi connectivity index (χ1n) is 7.79. The van der Waals surface area contributed by atoms with E-state index >= 15 is 0 Å². The summed E-state index contributed by atoms with van der Waals surface area (Å²) >= 11 is 0. The zero-order valence-corrected chi connectivity index (χ0v) is 12.9. The van der Waals surface area contributed by atoms with Crippen molar-refractivity contribution in [2.75, 3.05) is 13.1 Å². The Bertz CT molecular complexity index is 555. The van der Waals surface area contributed by atoms with Crippen LogP contribution in [-0.2, 0) is 11.3 Å². The van der Waals surface area contributed by atoms with Crippen LogP contribution in [0.4, 0.5) is 4.39 Å². The summed E-state index contributed by atoms with van der Waals surface area (Å²) in [5, 5.41) is 11.7. The molecule has 5 heteroatoms. The minimum atomic E-state index is -0.411. The highest BCUT2D eigenvalue weighted by atomic mass is 19.1. The van der Waals surface area contributed by atoms with E-state index in [2.05, 4.69) is 16.3 Å². The molecule has 0 aromatic heterocycles. The SMILES string of the molecule is CC[C@@H](C#N)NC(=O)[C@@H]1CCCN(Cc2cccc(F)c2)C1. The number of carbonyl (C=O) groups excluding carboxylic acids is 1. The van der Waals surface area contributed by atoms with Gasteiger partial charge in [0.15, 0.2) is 0 Å². The van der Waals surface area contributed by atoms with Crippen molar-refractivity contribution in [3.63, 3.8) is 0 Å². The molecule has 118 valence electrons. The van der Waals surface area contributed by atoms with Gasteiger partial charge >= 0.3 is 0 Å². The molecular formula is C17H22FN3O. The summed E-state index contributed by atoms with van der Waals surface area (Å²) in [7, 11) is 0. The van der Waals surface area contributed by atoms with Gasteiger partial charge in [-0.25, -0.2) is 4.39 Å². The van der Waals surface area contributed by atoms with Gasteiger partial charge in [-0.15, -0.1) is 0 Å². The molecular weight excluding hydrogens is 281 g/mol. The third kappa shape index (κ3) is 4.54. The van der Waals surface area contributed by atoms with Crippen LogP contribution >= 0.6 is 0 Å². The summed E-state index contributed by atoms with van der Waals surface area (Å²) in [6.07, 6.45) is 2.39. The Morgan fingerprint density at radius 2 is 2.41 bits per heavy atom. The van der Waals surface area contributed by atoms with E-state index in [0.29, 0.717) is 19.5 Å². The van der Waals surface area contributed by atoms with Gasteiger partial charge in [-0.05, 0) is 43.5 Å². The van der Waals surface area contributed by atoms with Crippen LogP contribution in [0, 0.1) is 23.1 Å². The Morgan fingerprint density at radius 1 is 1.59 bits per heavy atom. The van der Waals surface area contributed by atoms with Crippen molar-refractivity contribution in [1.82, 2.24) is 10.2 Å². The molecule has 0 bridgehead atoms. The van der Waals surface area contributed by atoms with Gasteiger partial charge in [-0.3, -0.25) is 9.69 Å². The van der Waals surface area contributed by atoms with E-state index in [0.717, 1.165) is 24.9 Å². The number of halogens is 1. The van der Waals surface area contributed by atoms with Crippen LogP contribution in [0.1, 0.15) is 31.7 Å². The lowest BCUT2D eigenvalue weighted by atomic mass is 9.96. The molecule has 4 nitrogen and oxygen atoms in total. The number of likely N-dealkylation sites (tertiary alicyclic amines) is 1. The molecule has 1 saturated heterocycles. The van der Waals surface area contributed by atoms with Gasteiger partial charge in [0, 0.05) is 13.1 Å². The maximum absolute atomic E-state index is 13.2. The van der Waals surface area contributed by atoms with Gasteiger partial charge in [0.2, 0.25) is 5.91 Å². The van der Waals surface area contributed by atoms with Crippen molar-refractivity contribution in [2.24, 2.45) is 5.92 Å². The summed E-state index contributed by atoms with van der Waals surface area (Å²) in [5.74, 6) is -0.370. The number of hydrogen-bond acceptors (Lipinski definition) is 3. The predicted molar refractivity (Wildman–Crippen MR) is 82.2 cm³/mol. The van der Waals surface area contributed by atoms with Crippen molar-refractivity contribution >= 4 is 5.91 Å². The number of carbonyl (C=O) groups is 1. The fraction of sp³-hybridized carbons (Fsp3) is 0.529. The van der Waals surface area contributed by atoms with E-state index < -0.39 is 6.04 Å². The van der Waals surface area contributed by atoms with Gasteiger partial charge in [0.25, 0.3) is 0 Å². The molecule has 0 spiro atoms. The molecule has 22 heavy (non-hydrogen) atoms. The Kier molecular flexibility index (Phi) is 5.91. The smallest absolute Gasteiger partial charge is 0.225 e. The number of amides is 1. The van der Waals surface area contributed by atoms with Gasteiger partial charge in [0.05, 0.1) is 12.0 Å². The van der Waals surface area contributed by atoms with Gasteiger partial charge < -0.3 is 5.32 Å². The van der Waals surface area contributed by atoms with Gasteiger partial charge in [0.1, 0.15) is 11.9 Å². The van der Waals surface area contributed by atoms with Crippen LogP contribution in [0.15, 0.2) is 24.3 Å². The van der Waals surface area contributed by atoms with Crippen LogP contribution in [-0.4, -0.2) is 29.9 Å². The average molecular weight is 303 g/mol. The Morgan fingerprint density at radius 3 is 3.09 bits per heavy atom.